The van der Waals surface area contributed by atoms with E-state index in [9.17, 15) is 0 Å². The van der Waals surface area contributed by atoms with E-state index in [4.69, 9.17) is 4.74 Å². The van der Waals surface area contributed by atoms with Crippen LogP contribution in [-0.2, 0) is 6.54 Å². The Morgan fingerprint density at radius 1 is 1.00 bits per heavy atom. The number of rotatable bonds is 5. The Kier molecular flexibility index (Phi) is 5.31. The first-order chi connectivity index (χ1) is 11.2. The lowest BCUT2D eigenvalue weighted by molar-refractivity contribution is 0.139. The summed E-state index contributed by atoms with van der Waals surface area (Å²) in [5.74, 6) is 1.79. The number of piperidine rings is 1. The van der Waals surface area contributed by atoms with E-state index >= 15 is 0 Å². The second kappa shape index (κ2) is 7.62. The van der Waals surface area contributed by atoms with Gasteiger partial charge < -0.3 is 9.64 Å². The van der Waals surface area contributed by atoms with Crippen LogP contribution in [0.5, 0.6) is 11.5 Å². The molecule has 0 amide bonds. The molecule has 0 unspecified atom stereocenters. The lowest BCUT2D eigenvalue weighted by Crippen LogP contribution is -2.41. The average molecular weight is 310 g/mol. The average Bonchev–Trinajstić information content (AvgIpc) is 2.57. The molecule has 122 valence electrons. The molecular weight excluding hydrogens is 284 g/mol. The number of para-hydroxylation sites is 1. The van der Waals surface area contributed by atoms with Crippen LogP contribution in [-0.4, -0.2) is 43.0 Å². The summed E-state index contributed by atoms with van der Waals surface area (Å²) in [5.41, 5.74) is 1.31. The maximum Gasteiger partial charge on any atom is 0.127 e. The molecule has 0 atom stereocenters. The first-order valence-corrected chi connectivity index (χ1v) is 8.41. The topological polar surface area (TPSA) is 15.7 Å². The fraction of sp³-hybridized carbons (Fsp3) is 0.400. The molecule has 1 fully saturated rings. The molecule has 1 heterocycles. The molecule has 2 aromatic rings. The van der Waals surface area contributed by atoms with Gasteiger partial charge >= 0.3 is 0 Å². The van der Waals surface area contributed by atoms with Crippen molar-refractivity contribution < 1.29 is 4.74 Å². The monoisotopic (exact) mass is 310 g/mol. The second-order valence-corrected chi connectivity index (χ2v) is 6.51. The summed E-state index contributed by atoms with van der Waals surface area (Å²) >= 11 is 0. The number of benzene rings is 2. The van der Waals surface area contributed by atoms with Crippen LogP contribution in [0.1, 0.15) is 18.4 Å². The molecule has 0 N–H and O–H groups in total. The summed E-state index contributed by atoms with van der Waals surface area (Å²) in [7, 11) is 4.45. The van der Waals surface area contributed by atoms with E-state index in [0.29, 0.717) is 6.04 Å². The molecule has 1 saturated heterocycles. The van der Waals surface area contributed by atoms with Crippen molar-refractivity contribution in [1.29, 1.82) is 0 Å². The number of hydrogen-bond acceptors (Lipinski definition) is 3. The first kappa shape index (κ1) is 16.0. The van der Waals surface area contributed by atoms with Crippen LogP contribution in [0.3, 0.4) is 0 Å². The molecule has 3 nitrogen and oxygen atoms in total. The highest BCUT2D eigenvalue weighted by molar-refractivity contribution is 5.33. The van der Waals surface area contributed by atoms with Gasteiger partial charge in [-0.05, 0) is 69.9 Å². The molecular formula is C20H26N2O. The lowest BCUT2D eigenvalue weighted by Gasteiger charge is -2.35. The molecule has 0 aliphatic carbocycles. The molecule has 2 aromatic carbocycles. The molecule has 1 aliphatic rings. The third-order valence-electron chi connectivity index (χ3n) is 4.62. The molecule has 1 aliphatic heterocycles. The van der Waals surface area contributed by atoms with Crippen molar-refractivity contribution in [3.63, 3.8) is 0 Å². The smallest absolute Gasteiger partial charge is 0.127 e. The molecule has 3 heteroatoms. The summed E-state index contributed by atoms with van der Waals surface area (Å²) in [5, 5.41) is 0. The molecule has 0 radical (unpaired) electrons. The molecule has 0 spiro atoms. The SMILES string of the molecule is CN1CCC(N(C)Cc2cccc(Oc3ccccc3)c2)CC1. The number of nitrogens with zero attached hydrogens (tertiary/aromatic N) is 2. The molecule has 0 bridgehead atoms. The predicted octanol–water partition coefficient (Wildman–Crippen LogP) is 4.00. The van der Waals surface area contributed by atoms with Gasteiger partial charge in [-0.15, -0.1) is 0 Å². The Morgan fingerprint density at radius 3 is 2.43 bits per heavy atom. The van der Waals surface area contributed by atoms with E-state index in [1.165, 1.54) is 31.5 Å². The summed E-state index contributed by atoms with van der Waals surface area (Å²) < 4.78 is 5.93. The highest BCUT2D eigenvalue weighted by Gasteiger charge is 2.20. The van der Waals surface area contributed by atoms with Gasteiger partial charge in [0.2, 0.25) is 0 Å². The largest absolute Gasteiger partial charge is 0.457 e. The van der Waals surface area contributed by atoms with Gasteiger partial charge in [0.15, 0.2) is 0 Å². The fourth-order valence-corrected chi connectivity index (χ4v) is 3.18. The quantitative estimate of drug-likeness (QED) is 0.830. The van der Waals surface area contributed by atoms with E-state index in [1.807, 2.05) is 36.4 Å². The van der Waals surface area contributed by atoms with Crippen LogP contribution in [0.4, 0.5) is 0 Å². The van der Waals surface area contributed by atoms with Crippen LogP contribution < -0.4 is 4.74 Å². The molecule has 0 saturated carbocycles. The molecule has 23 heavy (non-hydrogen) atoms. The number of likely N-dealkylation sites (tertiary alicyclic amines) is 1. The van der Waals surface area contributed by atoms with E-state index in [2.05, 4.69) is 42.1 Å². The minimum Gasteiger partial charge on any atom is -0.457 e. The van der Waals surface area contributed by atoms with Crippen LogP contribution in [0, 0.1) is 0 Å². The Bertz CT molecular complexity index is 606. The van der Waals surface area contributed by atoms with Crippen LogP contribution >= 0.6 is 0 Å². The summed E-state index contributed by atoms with van der Waals surface area (Å²) in [6.07, 6.45) is 2.51. The Hall–Kier alpha value is -1.84. The van der Waals surface area contributed by atoms with Gasteiger partial charge in [-0.2, -0.15) is 0 Å². The van der Waals surface area contributed by atoms with Crippen LogP contribution in [0.15, 0.2) is 54.6 Å². The third-order valence-corrected chi connectivity index (χ3v) is 4.62. The Balaban J connectivity index is 1.61. The highest BCUT2D eigenvalue weighted by Crippen LogP contribution is 2.23. The van der Waals surface area contributed by atoms with Gasteiger partial charge in [-0.1, -0.05) is 30.3 Å². The van der Waals surface area contributed by atoms with Crippen molar-refractivity contribution in [2.24, 2.45) is 0 Å². The zero-order chi connectivity index (χ0) is 16.1. The zero-order valence-corrected chi connectivity index (χ0v) is 14.1. The van der Waals surface area contributed by atoms with Crippen molar-refractivity contribution >= 4 is 0 Å². The van der Waals surface area contributed by atoms with Crippen molar-refractivity contribution in [3.05, 3.63) is 60.2 Å². The van der Waals surface area contributed by atoms with Crippen molar-refractivity contribution in [3.8, 4) is 11.5 Å². The fourth-order valence-electron chi connectivity index (χ4n) is 3.18. The van der Waals surface area contributed by atoms with Gasteiger partial charge in [0.1, 0.15) is 11.5 Å². The van der Waals surface area contributed by atoms with Gasteiger partial charge in [-0.25, -0.2) is 0 Å². The van der Waals surface area contributed by atoms with E-state index < -0.39 is 0 Å². The van der Waals surface area contributed by atoms with Gasteiger partial charge in [0.05, 0.1) is 0 Å². The normalized spacial score (nSPS) is 16.7. The summed E-state index contributed by atoms with van der Waals surface area (Å²) in [6.45, 7) is 3.37. The lowest BCUT2D eigenvalue weighted by atomic mass is 10.0. The van der Waals surface area contributed by atoms with Crippen LogP contribution in [0.2, 0.25) is 0 Å². The van der Waals surface area contributed by atoms with Crippen molar-refractivity contribution in [2.45, 2.75) is 25.4 Å². The summed E-state index contributed by atoms with van der Waals surface area (Å²) in [6, 6.07) is 19.1. The molecule has 0 aromatic heterocycles. The Morgan fingerprint density at radius 2 is 1.70 bits per heavy atom. The third kappa shape index (κ3) is 4.57. The van der Waals surface area contributed by atoms with Crippen molar-refractivity contribution in [2.75, 3.05) is 27.2 Å². The van der Waals surface area contributed by atoms with Gasteiger partial charge in [0.25, 0.3) is 0 Å². The molecule has 3 rings (SSSR count). The maximum atomic E-state index is 5.93. The van der Waals surface area contributed by atoms with Gasteiger partial charge in [-0.3, -0.25) is 4.90 Å². The van der Waals surface area contributed by atoms with Crippen molar-refractivity contribution in [1.82, 2.24) is 9.80 Å². The van der Waals surface area contributed by atoms with Gasteiger partial charge in [0, 0.05) is 12.6 Å². The summed E-state index contributed by atoms with van der Waals surface area (Å²) in [4.78, 5) is 4.90. The highest BCUT2D eigenvalue weighted by atomic mass is 16.5. The van der Waals surface area contributed by atoms with Crippen LogP contribution in [0.25, 0.3) is 0 Å². The van der Waals surface area contributed by atoms with E-state index in [-0.39, 0.29) is 0 Å². The Labute approximate surface area is 139 Å². The van der Waals surface area contributed by atoms with E-state index in [0.717, 1.165) is 18.0 Å². The minimum atomic E-state index is 0.685. The minimum absolute atomic E-state index is 0.685. The standard InChI is InChI=1S/C20H26N2O/c1-21-13-11-18(12-14-21)22(2)16-17-7-6-10-20(15-17)23-19-8-4-3-5-9-19/h3-10,15,18H,11-14,16H2,1-2H3. The second-order valence-electron chi connectivity index (χ2n) is 6.51. The zero-order valence-electron chi connectivity index (χ0n) is 14.1. The van der Waals surface area contributed by atoms with E-state index in [1.54, 1.807) is 0 Å². The maximum absolute atomic E-state index is 5.93. The predicted molar refractivity (Wildman–Crippen MR) is 94.9 cm³/mol. The first-order valence-electron chi connectivity index (χ1n) is 8.41. The number of hydrogen-bond donors (Lipinski definition) is 0. The number of ether oxygens (including phenoxy) is 1.